The van der Waals surface area contributed by atoms with Gasteiger partial charge in [0.15, 0.2) is 0 Å². The summed E-state index contributed by atoms with van der Waals surface area (Å²) in [4.78, 5) is 16.2. The molecule has 0 bridgehead atoms. The minimum absolute atomic E-state index is 0.196. The first-order valence-electron chi connectivity index (χ1n) is 8.51. The van der Waals surface area contributed by atoms with Crippen molar-refractivity contribution in [3.8, 4) is 0 Å². The lowest BCUT2D eigenvalue weighted by atomic mass is 10.1. The second-order valence-corrected chi connectivity index (χ2v) is 6.37. The van der Waals surface area contributed by atoms with E-state index >= 15 is 0 Å². The quantitative estimate of drug-likeness (QED) is 0.786. The summed E-state index contributed by atoms with van der Waals surface area (Å²) in [6, 6.07) is 3.63. The summed E-state index contributed by atoms with van der Waals surface area (Å²) >= 11 is 0. The van der Waals surface area contributed by atoms with E-state index in [0.717, 1.165) is 36.7 Å². The van der Waals surface area contributed by atoms with Crippen molar-refractivity contribution in [2.75, 3.05) is 26.2 Å². The molecule has 0 radical (unpaired) electrons. The van der Waals surface area contributed by atoms with Gasteiger partial charge in [-0.15, -0.1) is 0 Å². The first-order chi connectivity index (χ1) is 12.5. The average molecular weight is 361 g/mol. The van der Waals surface area contributed by atoms with Crippen molar-refractivity contribution < 1.29 is 18.1 Å². The molecular weight excluding hydrogens is 340 g/mol. The van der Waals surface area contributed by atoms with Crippen molar-refractivity contribution in [3.63, 3.8) is 0 Å². The lowest BCUT2D eigenvalue weighted by Crippen LogP contribution is -2.47. The maximum atomic E-state index is 13.6. The van der Waals surface area contributed by atoms with Gasteiger partial charge in [0, 0.05) is 49.9 Å². The van der Waals surface area contributed by atoms with E-state index in [1.165, 1.54) is 30.4 Å². The number of aryl methyl sites for hydroxylation is 2. The molecule has 5 nitrogen and oxygen atoms in total. The number of halogens is 2. The van der Waals surface area contributed by atoms with Crippen molar-refractivity contribution in [1.82, 2.24) is 15.0 Å². The fourth-order valence-corrected chi connectivity index (χ4v) is 3.01. The van der Waals surface area contributed by atoms with E-state index in [1.54, 1.807) is 4.90 Å². The van der Waals surface area contributed by atoms with Crippen LogP contribution in [-0.4, -0.2) is 47.0 Å². The SMILES string of the molecule is Cc1noc(C)c1CN1CCN(C(=O)C=Cc2c(F)cccc2F)CC1. The molecule has 1 aliphatic heterocycles. The van der Waals surface area contributed by atoms with Gasteiger partial charge in [-0.3, -0.25) is 9.69 Å². The van der Waals surface area contributed by atoms with Crippen molar-refractivity contribution >= 4 is 12.0 Å². The number of amides is 1. The number of hydrogen-bond donors (Lipinski definition) is 0. The standard InChI is InChI=1S/C19H21F2N3O2/c1-13-16(14(2)26-22-13)12-23-8-10-24(11-9-23)19(25)7-6-15-17(20)4-3-5-18(15)21/h3-7H,8-12H2,1-2H3. The highest BCUT2D eigenvalue weighted by molar-refractivity contribution is 5.91. The van der Waals surface area contributed by atoms with Gasteiger partial charge in [0.05, 0.1) is 5.69 Å². The van der Waals surface area contributed by atoms with Gasteiger partial charge in [-0.05, 0) is 32.1 Å². The monoisotopic (exact) mass is 361 g/mol. The number of aromatic nitrogens is 1. The van der Waals surface area contributed by atoms with Gasteiger partial charge in [0.25, 0.3) is 0 Å². The molecule has 1 amide bonds. The molecule has 0 unspecified atom stereocenters. The van der Waals surface area contributed by atoms with Crippen LogP contribution in [0.1, 0.15) is 22.6 Å². The highest BCUT2D eigenvalue weighted by atomic mass is 19.1. The predicted octanol–water partition coefficient (Wildman–Crippen LogP) is 2.93. The highest BCUT2D eigenvalue weighted by Gasteiger charge is 2.22. The van der Waals surface area contributed by atoms with Crippen molar-refractivity contribution in [1.29, 1.82) is 0 Å². The van der Waals surface area contributed by atoms with Crippen LogP contribution in [0.15, 0.2) is 28.8 Å². The zero-order valence-corrected chi connectivity index (χ0v) is 14.8. The Hall–Kier alpha value is -2.54. The molecule has 2 aromatic rings. The van der Waals surface area contributed by atoms with Crippen molar-refractivity contribution in [3.05, 3.63) is 58.5 Å². The third-order valence-electron chi connectivity index (χ3n) is 4.64. The van der Waals surface area contributed by atoms with Crippen LogP contribution >= 0.6 is 0 Å². The first-order valence-corrected chi connectivity index (χ1v) is 8.51. The molecule has 2 heterocycles. The Labute approximate surface area is 150 Å². The Morgan fingerprint density at radius 2 is 1.85 bits per heavy atom. The van der Waals surface area contributed by atoms with Crippen LogP contribution < -0.4 is 0 Å². The first kappa shape index (κ1) is 18.3. The molecule has 26 heavy (non-hydrogen) atoms. The number of nitrogens with zero attached hydrogens (tertiary/aromatic N) is 3. The average Bonchev–Trinajstić information content (AvgIpc) is 2.94. The van der Waals surface area contributed by atoms with E-state index in [0.29, 0.717) is 13.1 Å². The number of hydrogen-bond acceptors (Lipinski definition) is 4. The van der Waals surface area contributed by atoms with Crippen LogP contribution in [0.4, 0.5) is 8.78 Å². The van der Waals surface area contributed by atoms with E-state index in [4.69, 9.17) is 4.52 Å². The van der Waals surface area contributed by atoms with E-state index in [1.807, 2.05) is 13.8 Å². The van der Waals surface area contributed by atoms with E-state index < -0.39 is 11.6 Å². The van der Waals surface area contributed by atoms with Gasteiger partial charge >= 0.3 is 0 Å². The second kappa shape index (κ2) is 7.78. The summed E-state index contributed by atoms with van der Waals surface area (Å²) < 4.78 is 32.4. The van der Waals surface area contributed by atoms with E-state index in [9.17, 15) is 13.6 Å². The van der Waals surface area contributed by atoms with Crippen LogP contribution in [0.3, 0.4) is 0 Å². The molecule has 0 aliphatic carbocycles. The molecular formula is C19H21F2N3O2. The van der Waals surface area contributed by atoms with E-state index in [-0.39, 0.29) is 11.5 Å². The molecule has 7 heteroatoms. The lowest BCUT2D eigenvalue weighted by Gasteiger charge is -2.34. The Morgan fingerprint density at radius 1 is 1.19 bits per heavy atom. The largest absolute Gasteiger partial charge is 0.361 e. The highest BCUT2D eigenvalue weighted by Crippen LogP contribution is 2.17. The van der Waals surface area contributed by atoms with Crippen LogP contribution in [0.2, 0.25) is 0 Å². The van der Waals surface area contributed by atoms with Gasteiger partial charge in [-0.2, -0.15) is 0 Å². The molecule has 138 valence electrons. The molecule has 1 saturated heterocycles. The fourth-order valence-electron chi connectivity index (χ4n) is 3.01. The lowest BCUT2D eigenvalue weighted by molar-refractivity contribution is -0.127. The summed E-state index contributed by atoms with van der Waals surface area (Å²) in [5.74, 6) is -0.794. The Balaban J connectivity index is 1.56. The molecule has 1 aromatic heterocycles. The van der Waals surface area contributed by atoms with Crippen LogP contribution in [-0.2, 0) is 11.3 Å². The summed E-state index contributed by atoms with van der Waals surface area (Å²) in [5, 5.41) is 3.96. The minimum atomic E-state index is -0.682. The molecule has 1 fully saturated rings. The second-order valence-electron chi connectivity index (χ2n) is 6.37. The number of rotatable bonds is 4. The van der Waals surface area contributed by atoms with E-state index in [2.05, 4.69) is 10.1 Å². The summed E-state index contributed by atoms with van der Waals surface area (Å²) in [6.07, 6.45) is 2.43. The van der Waals surface area contributed by atoms with Gasteiger partial charge in [-0.25, -0.2) is 8.78 Å². The normalized spacial score (nSPS) is 15.8. The minimum Gasteiger partial charge on any atom is -0.361 e. The smallest absolute Gasteiger partial charge is 0.246 e. The molecule has 3 rings (SSSR count). The molecule has 0 atom stereocenters. The molecule has 0 spiro atoms. The molecule has 0 N–H and O–H groups in total. The molecule has 1 aliphatic rings. The molecule has 1 aromatic carbocycles. The zero-order chi connectivity index (χ0) is 18.7. The Kier molecular flexibility index (Phi) is 5.46. The van der Waals surface area contributed by atoms with Gasteiger partial charge in [0.2, 0.25) is 5.91 Å². The topological polar surface area (TPSA) is 49.6 Å². The van der Waals surface area contributed by atoms with Gasteiger partial charge < -0.3 is 9.42 Å². The van der Waals surface area contributed by atoms with Crippen molar-refractivity contribution in [2.45, 2.75) is 20.4 Å². The third-order valence-corrected chi connectivity index (χ3v) is 4.64. The number of benzene rings is 1. The number of carbonyl (C=O) groups excluding carboxylic acids is 1. The number of piperazine rings is 1. The Morgan fingerprint density at radius 3 is 2.42 bits per heavy atom. The van der Waals surface area contributed by atoms with Crippen LogP contribution in [0.25, 0.3) is 6.08 Å². The summed E-state index contributed by atoms with van der Waals surface area (Å²) in [5.41, 5.74) is 1.77. The summed E-state index contributed by atoms with van der Waals surface area (Å²) in [7, 11) is 0. The van der Waals surface area contributed by atoms with Gasteiger partial charge in [0.1, 0.15) is 17.4 Å². The fraction of sp³-hybridized carbons (Fsp3) is 0.368. The maximum absolute atomic E-state index is 13.6. The summed E-state index contributed by atoms with van der Waals surface area (Å²) in [6.45, 7) is 7.10. The zero-order valence-electron chi connectivity index (χ0n) is 14.8. The van der Waals surface area contributed by atoms with Gasteiger partial charge in [-0.1, -0.05) is 11.2 Å². The third kappa shape index (κ3) is 3.99. The maximum Gasteiger partial charge on any atom is 0.246 e. The van der Waals surface area contributed by atoms with Crippen molar-refractivity contribution in [2.24, 2.45) is 0 Å². The molecule has 0 saturated carbocycles. The van der Waals surface area contributed by atoms with Crippen LogP contribution in [0, 0.1) is 25.5 Å². The predicted molar refractivity (Wildman–Crippen MR) is 93.2 cm³/mol. The number of carbonyl (C=O) groups is 1. The van der Waals surface area contributed by atoms with Crippen LogP contribution in [0.5, 0.6) is 0 Å². The Bertz CT molecular complexity index is 784.